The summed E-state index contributed by atoms with van der Waals surface area (Å²) in [6.45, 7) is 3.62. The third kappa shape index (κ3) is 4.76. The molecular formula is C11H18O4. The quantitative estimate of drug-likeness (QED) is 0.280. The van der Waals surface area contributed by atoms with Gasteiger partial charge in [0.15, 0.2) is 5.79 Å². The molecule has 0 rings (SSSR count). The van der Waals surface area contributed by atoms with Gasteiger partial charge in [-0.2, -0.15) is 0 Å². The van der Waals surface area contributed by atoms with E-state index < -0.39 is 11.8 Å². The molecule has 0 aromatic carbocycles. The second kappa shape index (κ2) is 7.20. The zero-order valence-electron chi connectivity index (χ0n) is 9.49. The van der Waals surface area contributed by atoms with Gasteiger partial charge >= 0.3 is 5.97 Å². The molecule has 0 saturated heterocycles. The van der Waals surface area contributed by atoms with Crippen LogP contribution in [0.25, 0.3) is 0 Å². The zero-order valence-corrected chi connectivity index (χ0v) is 9.49. The molecule has 0 radical (unpaired) electrons. The fourth-order valence-electron chi connectivity index (χ4n) is 1.07. The lowest BCUT2D eigenvalue weighted by molar-refractivity contribution is -0.174. The SMILES string of the molecule is C=CCCC(C=CC(=O)OC)(OC)OC. The molecule has 86 valence electrons. The highest BCUT2D eigenvalue weighted by molar-refractivity contribution is 5.81. The molecular weight excluding hydrogens is 196 g/mol. The molecule has 0 aliphatic carbocycles. The van der Waals surface area contributed by atoms with Crippen LogP contribution in [-0.2, 0) is 19.0 Å². The highest BCUT2D eigenvalue weighted by Gasteiger charge is 2.25. The van der Waals surface area contributed by atoms with Crippen molar-refractivity contribution in [2.45, 2.75) is 18.6 Å². The molecule has 0 amide bonds. The number of carbonyl (C=O) groups is 1. The number of methoxy groups -OCH3 is 3. The van der Waals surface area contributed by atoms with Crippen molar-refractivity contribution in [3.8, 4) is 0 Å². The molecule has 0 aromatic heterocycles. The molecule has 15 heavy (non-hydrogen) atoms. The Labute approximate surface area is 90.5 Å². The van der Waals surface area contributed by atoms with Gasteiger partial charge in [-0.1, -0.05) is 6.08 Å². The van der Waals surface area contributed by atoms with Gasteiger partial charge in [0.25, 0.3) is 0 Å². The van der Waals surface area contributed by atoms with Crippen LogP contribution in [0, 0.1) is 0 Å². The van der Waals surface area contributed by atoms with E-state index in [2.05, 4.69) is 11.3 Å². The van der Waals surface area contributed by atoms with Gasteiger partial charge in [0.1, 0.15) is 0 Å². The maximum atomic E-state index is 10.9. The first-order chi connectivity index (χ1) is 7.14. The fourth-order valence-corrected chi connectivity index (χ4v) is 1.07. The van der Waals surface area contributed by atoms with E-state index >= 15 is 0 Å². The van der Waals surface area contributed by atoms with Gasteiger partial charge in [0.05, 0.1) is 7.11 Å². The minimum Gasteiger partial charge on any atom is -0.466 e. The van der Waals surface area contributed by atoms with Crippen molar-refractivity contribution in [3.05, 3.63) is 24.8 Å². The Hall–Kier alpha value is -1.13. The molecule has 0 unspecified atom stereocenters. The number of carbonyl (C=O) groups excluding carboxylic acids is 1. The largest absolute Gasteiger partial charge is 0.466 e. The lowest BCUT2D eigenvalue weighted by atomic mass is 10.1. The first kappa shape index (κ1) is 13.9. The Morgan fingerprint density at radius 1 is 1.33 bits per heavy atom. The van der Waals surface area contributed by atoms with Crippen LogP contribution in [0.3, 0.4) is 0 Å². The van der Waals surface area contributed by atoms with Crippen molar-refractivity contribution in [3.63, 3.8) is 0 Å². The molecule has 0 bridgehead atoms. The van der Waals surface area contributed by atoms with E-state index in [-0.39, 0.29) is 0 Å². The summed E-state index contributed by atoms with van der Waals surface area (Å²) in [5.41, 5.74) is 0. The van der Waals surface area contributed by atoms with E-state index in [1.165, 1.54) is 27.4 Å². The van der Waals surface area contributed by atoms with Crippen LogP contribution in [0.15, 0.2) is 24.8 Å². The molecule has 4 nitrogen and oxygen atoms in total. The fraction of sp³-hybridized carbons (Fsp3) is 0.545. The predicted octanol–water partition coefficient (Wildman–Crippen LogP) is 1.67. The summed E-state index contributed by atoms with van der Waals surface area (Å²) in [4.78, 5) is 10.9. The Morgan fingerprint density at radius 3 is 2.33 bits per heavy atom. The molecule has 0 heterocycles. The molecule has 0 saturated carbocycles. The average Bonchev–Trinajstić information content (AvgIpc) is 2.30. The van der Waals surface area contributed by atoms with Gasteiger partial charge in [-0.25, -0.2) is 4.79 Å². The van der Waals surface area contributed by atoms with Crippen LogP contribution in [0.4, 0.5) is 0 Å². The Bertz CT molecular complexity index is 229. The Morgan fingerprint density at radius 2 is 1.93 bits per heavy atom. The smallest absolute Gasteiger partial charge is 0.330 e. The van der Waals surface area contributed by atoms with Crippen LogP contribution in [0.2, 0.25) is 0 Å². The van der Waals surface area contributed by atoms with Crippen molar-refractivity contribution in [1.29, 1.82) is 0 Å². The number of allylic oxidation sites excluding steroid dienone is 1. The van der Waals surface area contributed by atoms with Crippen molar-refractivity contribution < 1.29 is 19.0 Å². The van der Waals surface area contributed by atoms with Crippen LogP contribution in [0.5, 0.6) is 0 Å². The second-order valence-corrected chi connectivity index (χ2v) is 2.90. The van der Waals surface area contributed by atoms with E-state index in [9.17, 15) is 4.79 Å². The summed E-state index contributed by atoms with van der Waals surface area (Å²) >= 11 is 0. The predicted molar refractivity (Wildman–Crippen MR) is 57.3 cm³/mol. The molecule has 0 aromatic rings. The van der Waals surface area contributed by atoms with Crippen molar-refractivity contribution in [2.24, 2.45) is 0 Å². The number of esters is 1. The minimum atomic E-state index is -0.887. The summed E-state index contributed by atoms with van der Waals surface area (Å²) in [5, 5.41) is 0. The van der Waals surface area contributed by atoms with Gasteiger partial charge in [0.2, 0.25) is 0 Å². The summed E-state index contributed by atoms with van der Waals surface area (Å²) in [7, 11) is 4.36. The third-order valence-corrected chi connectivity index (χ3v) is 2.06. The molecule has 0 aliphatic heterocycles. The average molecular weight is 214 g/mol. The van der Waals surface area contributed by atoms with Gasteiger partial charge in [0, 0.05) is 26.7 Å². The summed E-state index contributed by atoms with van der Waals surface area (Å²) in [6.07, 6.45) is 5.92. The number of hydrogen-bond acceptors (Lipinski definition) is 4. The molecule has 0 aliphatic rings. The summed E-state index contributed by atoms with van der Waals surface area (Å²) in [6, 6.07) is 0. The number of rotatable bonds is 7. The van der Waals surface area contributed by atoms with Crippen molar-refractivity contribution >= 4 is 5.97 Å². The van der Waals surface area contributed by atoms with Crippen LogP contribution >= 0.6 is 0 Å². The number of ether oxygens (including phenoxy) is 3. The number of hydrogen-bond donors (Lipinski definition) is 0. The van der Waals surface area contributed by atoms with Crippen molar-refractivity contribution in [2.75, 3.05) is 21.3 Å². The lowest BCUT2D eigenvalue weighted by Gasteiger charge is -2.26. The van der Waals surface area contributed by atoms with Gasteiger partial charge < -0.3 is 14.2 Å². The highest BCUT2D eigenvalue weighted by Crippen LogP contribution is 2.20. The maximum Gasteiger partial charge on any atom is 0.330 e. The van der Waals surface area contributed by atoms with E-state index in [4.69, 9.17) is 9.47 Å². The van der Waals surface area contributed by atoms with E-state index in [1.54, 1.807) is 12.2 Å². The summed E-state index contributed by atoms with van der Waals surface area (Å²) in [5.74, 6) is -1.32. The van der Waals surface area contributed by atoms with Crippen molar-refractivity contribution in [1.82, 2.24) is 0 Å². The van der Waals surface area contributed by atoms with Gasteiger partial charge in [-0.3, -0.25) is 0 Å². The molecule has 0 atom stereocenters. The Kier molecular flexibility index (Phi) is 6.66. The lowest BCUT2D eigenvalue weighted by Crippen LogP contribution is -2.31. The second-order valence-electron chi connectivity index (χ2n) is 2.90. The first-order valence-corrected chi connectivity index (χ1v) is 4.62. The molecule has 0 spiro atoms. The van der Waals surface area contributed by atoms with Crippen LogP contribution in [-0.4, -0.2) is 33.1 Å². The van der Waals surface area contributed by atoms with E-state index in [0.717, 1.165) is 6.42 Å². The zero-order chi connectivity index (χ0) is 11.7. The van der Waals surface area contributed by atoms with E-state index in [0.29, 0.717) is 6.42 Å². The topological polar surface area (TPSA) is 44.8 Å². The molecule has 4 heteroatoms. The van der Waals surface area contributed by atoms with Gasteiger partial charge in [-0.05, 0) is 12.5 Å². The summed E-state index contributed by atoms with van der Waals surface area (Å²) < 4.78 is 14.9. The maximum absolute atomic E-state index is 10.9. The van der Waals surface area contributed by atoms with Crippen LogP contribution < -0.4 is 0 Å². The van der Waals surface area contributed by atoms with E-state index in [1.807, 2.05) is 0 Å². The normalized spacial score (nSPS) is 11.7. The standard InChI is InChI=1S/C11H18O4/c1-5-6-8-11(14-3,15-4)9-7-10(12)13-2/h5,7,9H,1,6,8H2,2-4H3. The monoisotopic (exact) mass is 214 g/mol. The van der Waals surface area contributed by atoms with Gasteiger partial charge in [-0.15, -0.1) is 6.58 Å². The minimum absolute atomic E-state index is 0.438. The van der Waals surface area contributed by atoms with Crippen LogP contribution in [0.1, 0.15) is 12.8 Å². The highest BCUT2D eigenvalue weighted by atomic mass is 16.7. The molecule has 0 N–H and O–H groups in total. The first-order valence-electron chi connectivity index (χ1n) is 4.62. The Balaban J connectivity index is 4.54. The molecule has 0 fully saturated rings. The third-order valence-electron chi connectivity index (χ3n) is 2.06.